The number of carboxylic acid groups (broad SMARTS) is 1. The zero-order chi connectivity index (χ0) is 12.7. The standard InChI is InChI=1S/C14H15NO3/c16-13(15-6-5-10(8-15)14(17)18)12-7-9-3-1-2-4-11(9)12/h1-4,10,12H,5-8H2,(H,17,18). The van der Waals surface area contributed by atoms with E-state index in [4.69, 9.17) is 5.11 Å². The Morgan fingerprint density at radius 3 is 2.72 bits per heavy atom. The van der Waals surface area contributed by atoms with Crippen molar-refractivity contribution in [3.63, 3.8) is 0 Å². The Kier molecular flexibility index (Phi) is 2.58. The first-order chi connectivity index (χ1) is 8.66. The van der Waals surface area contributed by atoms with Gasteiger partial charge in [-0.1, -0.05) is 24.3 Å². The van der Waals surface area contributed by atoms with Crippen molar-refractivity contribution in [1.82, 2.24) is 4.90 Å². The van der Waals surface area contributed by atoms with Crippen LogP contribution in [0.4, 0.5) is 0 Å². The van der Waals surface area contributed by atoms with Gasteiger partial charge in [0.15, 0.2) is 0 Å². The van der Waals surface area contributed by atoms with Gasteiger partial charge in [0, 0.05) is 13.1 Å². The van der Waals surface area contributed by atoms with Gasteiger partial charge in [0.2, 0.25) is 5.91 Å². The Hall–Kier alpha value is -1.84. The predicted octanol–water partition coefficient (Wildman–Crippen LogP) is 1.26. The largest absolute Gasteiger partial charge is 0.481 e. The first kappa shape index (κ1) is 11.3. The summed E-state index contributed by atoms with van der Waals surface area (Å²) >= 11 is 0. The first-order valence-corrected chi connectivity index (χ1v) is 6.26. The lowest BCUT2D eigenvalue weighted by atomic mass is 9.77. The molecule has 0 aromatic heterocycles. The number of rotatable bonds is 2. The van der Waals surface area contributed by atoms with Crippen LogP contribution in [0.3, 0.4) is 0 Å². The third kappa shape index (κ3) is 1.68. The molecule has 1 aromatic carbocycles. The summed E-state index contributed by atoms with van der Waals surface area (Å²) in [5.74, 6) is -1.13. The Morgan fingerprint density at radius 1 is 1.28 bits per heavy atom. The van der Waals surface area contributed by atoms with Crippen molar-refractivity contribution >= 4 is 11.9 Å². The fraction of sp³-hybridized carbons (Fsp3) is 0.429. The van der Waals surface area contributed by atoms with Gasteiger partial charge in [-0.25, -0.2) is 0 Å². The molecular formula is C14H15NO3. The lowest BCUT2D eigenvalue weighted by Crippen LogP contribution is -2.38. The van der Waals surface area contributed by atoms with Crippen molar-refractivity contribution in [2.75, 3.05) is 13.1 Å². The molecule has 18 heavy (non-hydrogen) atoms. The van der Waals surface area contributed by atoms with Crippen molar-refractivity contribution < 1.29 is 14.7 Å². The third-order valence-corrected chi connectivity index (χ3v) is 4.00. The number of likely N-dealkylation sites (tertiary alicyclic amines) is 1. The van der Waals surface area contributed by atoms with E-state index in [0.717, 1.165) is 12.0 Å². The summed E-state index contributed by atoms with van der Waals surface area (Å²) in [4.78, 5) is 24.9. The minimum atomic E-state index is -0.792. The maximum Gasteiger partial charge on any atom is 0.308 e. The minimum absolute atomic E-state index is 0.0475. The highest BCUT2D eigenvalue weighted by atomic mass is 16.4. The molecule has 1 aliphatic heterocycles. The van der Waals surface area contributed by atoms with Crippen molar-refractivity contribution in [2.45, 2.75) is 18.8 Å². The van der Waals surface area contributed by atoms with Gasteiger partial charge in [-0.05, 0) is 24.0 Å². The number of nitrogens with zero attached hydrogens (tertiary/aromatic N) is 1. The number of aliphatic carboxylic acids is 1. The zero-order valence-electron chi connectivity index (χ0n) is 10.0. The van der Waals surface area contributed by atoms with Gasteiger partial charge >= 0.3 is 5.97 Å². The summed E-state index contributed by atoms with van der Waals surface area (Å²) in [6.07, 6.45) is 1.37. The summed E-state index contributed by atoms with van der Waals surface area (Å²) in [6, 6.07) is 7.97. The molecule has 2 unspecified atom stereocenters. The van der Waals surface area contributed by atoms with E-state index in [0.29, 0.717) is 19.5 Å². The zero-order valence-corrected chi connectivity index (χ0v) is 10.0. The molecule has 1 N–H and O–H groups in total. The van der Waals surface area contributed by atoms with E-state index in [9.17, 15) is 9.59 Å². The maximum absolute atomic E-state index is 12.3. The average Bonchev–Trinajstić information content (AvgIpc) is 2.80. The van der Waals surface area contributed by atoms with Gasteiger partial charge in [-0.2, -0.15) is 0 Å². The number of hydrogen-bond donors (Lipinski definition) is 1. The van der Waals surface area contributed by atoms with Crippen LogP contribution in [-0.4, -0.2) is 35.0 Å². The van der Waals surface area contributed by atoms with E-state index in [1.807, 2.05) is 24.3 Å². The Morgan fingerprint density at radius 2 is 2.06 bits per heavy atom. The fourth-order valence-corrected chi connectivity index (χ4v) is 2.86. The molecule has 0 spiro atoms. The van der Waals surface area contributed by atoms with Crippen LogP contribution in [0.5, 0.6) is 0 Å². The lowest BCUT2D eigenvalue weighted by molar-refractivity contribution is -0.141. The van der Waals surface area contributed by atoms with Crippen molar-refractivity contribution in [3.05, 3.63) is 35.4 Å². The Labute approximate surface area is 105 Å². The molecule has 1 heterocycles. The van der Waals surface area contributed by atoms with Gasteiger partial charge in [-0.15, -0.1) is 0 Å². The Bertz CT molecular complexity index is 512. The molecule has 3 rings (SSSR count). The van der Waals surface area contributed by atoms with Crippen LogP contribution >= 0.6 is 0 Å². The van der Waals surface area contributed by atoms with Gasteiger partial charge in [0.05, 0.1) is 11.8 Å². The predicted molar refractivity (Wildman–Crippen MR) is 65.2 cm³/mol. The second kappa shape index (κ2) is 4.12. The number of carbonyl (C=O) groups is 2. The number of hydrogen-bond acceptors (Lipinski definition) is 2. The molecule has 2 atom stereocenters. The molecule has 1 fully saturated rings. The van der Waals surface area contributed by atoms with Crippen molar-refractivity contribution in [2.24, 2.45) is 5.92 Å². The second-order valence-corrected chi connectivity index (χ2v) is 5.06. The molecular weight excluding hydrogens is 230 g/mol. The van der Waals surface area contributed by atoms with Gasteiger partial charge in [-0.3, -0.25) is 9.59 Å². The van der Waals surface area contributed by atoms with Crippen LogP contribution < -0.4 is 0 Å². The van der Waals surface area contributed by atoms with Gasteiger partial charge < -0.3 is 10.0 Å². The quantitative estimate of drug-likeness (QED) is 0.853. The molecule has 2 aliphatic rings. The molecule has 1 amide bonds. The molecule has 94 valence electrons. The average molecular weight is 245 g/mol. The lowest BCUT2D eigenvalue weighted by Gasteiger charge is -2.32. The summed E-state index contributed by atoms with van der Waals surface area (Å²) in [5, 5.41) is 8.94. The third-order valence-electron chi connectivity index (χ3n) is 4.00. The summed E-state index contributed by atoms with van der Waals surface area (Å²) in [6.45, 7) is 0.946. The normalized spacial score (nSPS) is 25.4. The van der Waals surface area contributed by atoms with Crippen molar-refractivity contribution in [1.29, 1.82) is 0 Å². The summed E-state index contributed by atoms with van der Waals surface area (Å²) < 4.78 is 0. The number of carbonyl (C=O) groups excluding carboxylic acids is 1. The fourth-order valence-electron chi connectivity index (χ4n) is 2.86. The van der Waals surface area contributed by atoms with E-state index in [1.165, 1.54) is 5.56 Å². The minimum Gasteiger partial charge on any atom is -0.481 e. The smallest absolute Gasteiger partial charge is 0.308 e. The van der Waals surface area contributed by atoms with Crippen LogP contribution in [0.15, 0.2) is 24.3 Å². The molecule has 1 saturated heterocycles. The van der Waals surface area contributed by atoms with E-state index in [-0.39, 0.29) is 17.7 Å². The number of carboxylic acids is 1. The monoisotopic (exact) mass is 245 g/mol. The molecule has 1 aliphatic carbocycles. The molecule has 4 nitrogen and oxygen atoms in total. The highest BCUT2D eigenvalue weighted by Gasteiger charge is 2.38. The van der Waals surface area contributed by atoms with Crippen molar-refractivity contribution in [3.8, 4) is 0 Å². The summed E-state index contributed by atoms with van der Waals surface area (Å²) in [5.41, 5.74) is 2.35. The van der Waals surface area contributed by atoms with E-state index in [1.54, 1.807) is 4.90 Å². The molecule has 4 heteroatoms. The number of fused-ring (bicyclic) bond motifs is 1. The van der Waals surface area contributed by atoms with Crippen LogP contribution in [0.2, 0.25) is 0 Å². The van der Waals surface area contributed by atoms with Gasteiger partial charge in [0.1, 0.15) is 0 Å². The van der Waals surface area contributed by atoms with Crippen LogP contribution in [0.25, 0.3) is 0 Å². The van der Waals surface area contributed by atoms with E-state index >= 15 is 0 Å². The number of benzene rings is 1. The molecule has 0 radical (unpaired) electrons. The first-order valence-electron chi connectivity index (χ1n) is 6.26. The van der Waals surface area contributed by atoms with E-state index < -0.39 is 5.97 Å². The molecule has 0 bridgehead atoms. The van der Waals surface area contributed by atoms with Crippen LogP contribution in [0, 0.1) is 5.92 Å². The van der Waals surface area contributed by atoms with Crippen LogP contribution in [-0.2, 0) is 16.0 Å². The topological polar surface area (TPSA) is 57.6 Å². The maximum atomic E-state index is 12.3. The molecule has 1 aromatic rings. The SMILES string of the molecule is O=C(O)C1CCN(C(=O)C2Cc3ccccc32)C1. The Balaban J connectivity index is 1.69. The highest BCUT2D eigenvalue weighted by Crippen LogP contribution is 2.37. The second-order valence-electron chi connectivity index (χ2n) is 5.06. The van der Waals surface area contributed by atoms with E-state index in [2.05, 4.69) is 0 Å². The molecule has 0 saturated carbocycles. The number of amides is 1. The van der Waals surface area contributed by atoms with Gasteiger partial charge in [0.25, 0.3) is 0 Å². The highest BCUT2D eigenvalue weighted by molar-refractivity contribution is 5.87. The summed E-state index contributed by atoms with van der Waals surface area (Å²) in [7, 11) is 0. The van der Waals surface area contributed by atoms with Crippen LogP contribution in [0.1, 0.15) is 23.5 Å².